The summed E-state index contributed by atoms with van der Waals surface area (Å²) in [7, 11) is 0. The lowest BCUT2D eigenvalue weighted by Gasteiger charge is -2.53. The smallest absolute Gasteiger partial charge is 0.144 e. The van der Waals surface area contributed by atoms with E-state index in [4.69, 9.17) is 0 Å². The highest BCUT2D eigenvalue weighted by Gasteiger charge is 2.66. The van der Waals surface area contributed by atoms with Gasteiger partial charge in [-0.25, -0.2) is 0 Å². The molecule has 2 unspecified atom stereocenters. The fourth-order valence-corrected chi connectivity index (χ4v) is 5.37. The van der Waals surface area contributed by atoms with Crippen LogP contribution in [0.1, 0.15) is 53.4 Å². The van der Waals surface area contributed by atoms with Crippen molar-refractivity contribution in [3.8, 4) is 0 Å². The number of rotatable bonds is 1. The van der Waals surface area contributed by atoms with Gasteiger partial charge in [-0.2, -0.15) is 0 Å². The van der Waals surface area contributed by atoms with Crippen LogP contribution in [0.5, 0.6) is 0 Å². The number of carbonyl (C=O) groups is 1. The Bertz CT molecular complexity index is 345. The van der Waals surface area contributed by atoms with Crippen molar-refractivity contribution in [3.63, 3.8) is 0 Å². The van der Waals surface area contributed by atoms with E-state index in [0.717, 1.165) is 24.2 Å². The second-order valence-corrected chi connectivity index (χ2v) is 7.43. The normalized spacial score (nSPS) is 55.1. The molecule has 16 heavy (non-hydrogen) atoms. The lowest BCUT2D eigenvalue weighted by Crippen LogP contribution is -2.53. The van der Waals surface area contributed by atoms with Gasteiger partial charge in [-0.3, -0.25) is 4.79 Å². The number of carbonyl (C=O) groups excluding carboxylic acids is 1. The van der Waals surface area contributed by atoms with E-state index in [9.17, 15) is 4.79 Å². The maximum absolute atomic E-state index is 12.7. The van der Waals surface area contributed by atoms with Gasteiger partial charge in [0.25, 0.3) is 0 Å². The van der Waals surface area contributed by atoms with Crippen LogP contribution in [-0.4, -0.2) is 5.78 Å². The van der Waals surface area contributed by atoms with E-state index in [1.807, 2.05) is 0 Å². The summed E-state index contributed by atoms with van der Waals surface area (Å²) in [5.74, 6) is 3.73. The van der Waals surface area contributed by atoms with Gasteiger partial charge in [-0.15, -0.1) is 0 Å². The molecule has 0 aliphatic heterocycles. The third kappa shape index (κ3) is 1.05. The predicted molar refractivity (Wildman–Crippen MR) is 65.0 cm³/mol. The molecule has 0 radical (unpaired) electrons. The zero-order valence-corrected chi connectivity index (χ0v) is 11.0. The molecule has 0 heterocycles. The van der Waals surface area contributed by atoms with Gasteiger partial charge < -0.3 is 0 Å². The summed E-state index contributed by atoms with van der Waals surface area (Å²) >= 11 is 0. The molecule has 90 valence electrons. The fourth-order valence-electron chi connectivity index (χ4n) is 5.37. The molecular formula is C15H24O. The average Bonchev–Trinajstić information content (AvgIpc) is 2.47. The van der Waals surface area contributed by atoms with Crippen molar-refractivity contribution in [2.24, 2.45) is 34.5 Å². The van der Waals surface area contributed by atoms with E-state index in [2.05, 4.69) is 27.7 Å². The van der Waals surface area contributed by atoms with Crippen molar-refractivity contribution in [2.45, 2.75) is 53.4 Å². The number of hydrogen-bond donors (Lipinski definition) is 0. The highest BCUT2D eigenvalue weighted by Crippen LogP contribution is 2.68. The first-order valence-corrected chi connectivity index (χ1v) is 6.93. The maximum atomic E-state index is 12.7. The van der Waals surface area contributed by atoms with Crippen LogP contribution in [0.15, 0.2) is 0 Å². The van der Waals surface area contributed by atoms with Crippen LogP contribution in [0.25, 0.3) is 0 Å². The SMILES string of the molecule is CC(C)[C@H]1CC2(C)C(=O)[C@]3(C)CC[C@@H]2C1C3. The van der Waals surface area contributed by atoms with E-state index in [1.54, 1.807) is 0 Å². The molecule has 4 bridgehead atoms. The number of fused-ring (bicyclic) bond motifs is 1. The van der Waals surface area contributed by atoms with Crippen LogP contribution in [-0.2, 0) is 4.79 Å². The van der Waals surface area contributed by atoms with Crippen LogP contribution in [0, 0.1) is 34.5 Å². The van der Waals surface area contributed by atoms with Crippen LogP contribution < -0.4 is 0 Å². The second kappa shape index (κ2) is 2.91. The van der Waals surface area contributed by atoms with E-state index in [0.29, 0.717) is 11.7 Å². The minimum absolute atomic E-state index is 0.0395. The van der Waals surface area contributed by atoms with Crippen molar-refractivity contribution in [1.82, 2.24) is 0 Å². The Morgan fingerprint density at radius 3 is 2.56 bits per heavy atom. The van der Waals surface area contributed by atoms with Gasteiger partial charge >= 0.3 is 0 Å². The van der Waals surface area contributed by atoms with Gasteiger partial charge in [-0.1, -0.05) is 27.7 Å². The minimum atomic E-state index is 0.0395. The average molecular weight is 220 g/mol. The highest BCUT2D eigenvalue weighted by molar-refractivity contribution is 5.92. The van der Waals surface area contributed by atoms with Gasteiger partial charge in [0, 0.05) is 10.8 Å². The van der Waals surface area contributed by atoms with Gasteiger partial charge in [0.15, 0.2) is 0 Å². The molecule has 4 rings (SSSR count). The number of hydrogen-bond acceptors (Lipinski definition) is 1. The molecule has 0 amide bonds. The Morgan fingerprint density at radius 2 is 1.94 bits per heavy atom. The largest absolute Gasteiger partial charge is 0.298 e. The summed E-state index contributed by atoms with van der Waals surface area (Å²) in [6.07, 6.45) is 4.84. The standard InChI is InChI=1S/C15H24O/c1-9(2)10-8-15(4)12-5-6-14(3,13(15)16)7-11(10)12/h9-12H,5-8H2,1-4H3/t10-,11?,12-,14-,15?/m1/s1. The second-order valence-electron chi connectivity index (χ2n) is 7.43. The third-order valence-electron chi connectivity index (χ3n) is 6.16. The van der Waals surface area contributed by atoms with Crippen LogP contribution >= 0.6 is 0 Å². The molecule has 0 N–H and O–H groups in total. The van der Waals surface area contributed by atoms with Crippen molar-refractivity contribution in [1.29, 1.82) is 0 Å². The zero-order valence-electron chi connectivity index (χ0n) is 11.0. The van der Waals surface area contributed by atoms with E-state index >= 15 is 0 Å². The Labute approximate surface area is 99.0 Å². The summed E-state index contributed by atoms with van der Waals surface area (Å²) in [6.45, 7) is 9.19. The monoisotopic (exact) mass is 220 g/mol. The molecule has 4 aliphatic carbocycles. The maximum Gasteiger partial charge on any atom is 0.144 e. The van der Waals surface area contributed by atoms with E-state index < -0.39 is 0 Å². The predicted octanol–water partition coefficient (Wildman–Crippen LogP) is 3.67. The van der Waals surface area contributed by atoms with Gasteiger partial charge in [-0.05, 0) is 49.4 Å². The van der Waals surface area contributed by atoms with Crippen LogP contribution in [0.2, 0.25) is 0 Å². The molecule has 0 aromatic heterocycles. The summed E-state index contributed by atoms with van der Waals surface area (Å²) < 4.78 is 0. The Kier molecular flexibility index (Phi) is 1.97. The lowest BCUT2D eigenvalue weighted by atomic mass is 9.50. The van der Waals surface area contributed by atoms with Crippen molar-refractivity contribution in [3.05, 3.63) is 0 Å². The number of Topliss-reactive ketones (excluding diaryl/α,β-unsaturated/α-hetero) is 1. The van der Waals surface area contributed by atoms with Gasteiger partial charge in [0.1, 0.15) is 5.78 Å². The quantitative estimate of drug-likeness (QED) is 0.659. The molecule has 1 heteroatoms. The molecule has 0 spiro atoms. The van der Waals surface area contributed by atoms with Crippen molar-refractivity contribution in [2.75, 3.05) is 0 Å². The molecule has 0 saturated heterocycles. The van der Waals surface area contributed by atoms with Crippen LogP contribution in [0.4, 0.5) is 0 Å². The summed E-state index contributed by atoms with van der Waals surface area (Å²) in [6, 6.07) is 0. The summed E-state index contributed by atoms with van der Waals surface area (Å²) in [5.41, 5.74) is 0.0860. The Balaban J connectivity index is 2.05. The van der Waals surface area contributed by atoms with Gasteiger partial charge in [0.2, 0.25) is 0 Å². The highest BCUT2D eigenvalue weighted by atomic mass is 16.1. The molecule has 1 nitrogen and oxygen atoms in total. The summed E-state index contributed by atoms with van der Waals surface area (Å²) in [4.78, 5) is 12.7. The summed E-state index contributed by atoms with van der Waals surface area (Å²) in [5, 5.41) is 0. The Hall–Kier alpha value is -0.330. The van der Waals surface area contributed by atoms with Crippen molar-refractivity contribution >= 4 is 5.78 Å². The minimum Gasteiger partial charge on any atom is -0.298 e. The number of ketones is 1. The van der Waals surface area contributed by atoms with Crippen LogP contribution in [0.3, 0.4) is 0 Å². The molecule has 5 atom stereocenters. The van der Waals surface area contributed by atoms with Gasteiger partial charge in [0.05, 0.1) is 0 Å². The van der Waals surface area contributed by atoms with Crippen molar-refractivity contribution < 1.29 is 4.79 Å². The molecule has 0 aromatic carbocycles. The first kappa shape index (κ1) is 10.8. The molecular weight excluding hydrogens is 196 g/mol. The Morgan fingerprint density at radius 1 is 1.25 bits per heavy atom. The third-order valence-corrected chi connectivity index (χ3v) is 6.16. The lowest BCUT2D eigenvalue weighted by molar-refractivity contribution is -0.154. The zero-order chi connectivity index (χ0) is 11.7. The first-order valence-electron chi connectivity index (χ1n) is 6.93. The molecule has 0 aromatic rings. The molecule has 4 saturated carbocycles. The van der Waals surface area contributed by atoms with E-state index in [-0.39, 0.29) is 10.8 Å². The van der Waals surface area contributed by atoms with E-state index in [1.165, 1.54) is 19.3 Å². The fraction of sp³-hybridized carbons (Fsp3) is 0.933. The first-order chi connectivity index (χ1) is 7.38. The molecule has 4 fully saturated rings. The topological polar surface area (TPSA) is 17.1 Å². The molecule has 4 aliphatic rings.